The number of methoxy groups -OCH3 is 1. The molecular weight excluding hydrogens is 404 g/mol. The number of pyridine rings is 1. The highest BCUT2D eigenvalue weighted by molar-refractivity contribution is 5.98. The third-order valence-electron chi connectivity index (χ3n) is 5.84. The molecule has 164 valence electrons. The highest BCUT2D eigenvalue weighted by atomic mass is 16.5. The number of rotatable bonds is 5. The molecule has 0 bridgehead atoms. The quantitative estimate of drug-likeness (QED) is 0.578. The minimum Gasteiger partial charge on any atom is -0.497 e. The van der Waals surface area contributed by atoms with E-state index in [1.165, 1.54) is 0 Å². The van der Waals surface area contributed by atoms with Crippen molar-refractivity contribution in [3.8, 4) is 17.1 Å². The van der Waals surface area contributed by atoms with Gasteiger partial charge in [0.25, 0.3) is 5.91 Å². The fraction of sp³-hybridized carbons (Fsp3) is 0.292. The fourth-order valence-electron chi connectivity index (χ4n) is 4.18. The molecule has 0 aliphatic carbocycles. The van der Waals surface area contributed by atoms with Gasteiger partial charge < -0.3 is 25.3 Å². The highest BCUT2D eigenvalue weighted by Crippen LogP contribution is 2.26. The number of nitrogens with zero attached hydrogens (tertiary/aromatic N) is 3. The smallest absolute Gasteiger partial charge is 0.274 e. The summed E-state index contributed by atoms with van der Waals surface area (Å²) < 4.78 is 5.31. The molecule has 1 saturated heterocycles. The summed E-state index contributed by atoms with van der Waals surface area (Å²) in [6.45, 7) is 4.50. The normalized spacial score (nSPS) is 16.5. The van der Waals surface area contributed by atoms with Gasteiger partial charge in [-0.2, -0.15) is 0 Å². The van der Waals surface area contributed by atoms with Crippen LogP contribution in [0.25, 0.3) is 22.3 Å². The molecule has 0 unspecified atom stereocenters. The maximum Gasteiger partial charge on any atom is 0.274 e. The zero-order chi connectivity index (χ0) is 21.9. The molecule has 8 nitrogen and oxygen atoms in total. The van der Waals surface area contributed by atoms with E-state index in [-0.39, 0.29) is 5.91 Å². The maximum absolute atomic E-state index is 13.1. The van der Waals surface area contributed by atoms with Gasteiger partial charge in [-0.15, -0.1) is 0 Å². The van der Waals surface area contributed by atoms with Gasteiger partial charge in [0.05, 0.1) is 24.2 Å². The van der Waals surface area contributed by atoms with Gasteiger partial charge in [-0.1, -0.05) is 6.07 Å². The van der Waals surface area contributed by atoms with Crippen LogP contribution in [0.1, 0.15) is 16.9 Å². The van der Waals surface area contributed by atoms with E-state index in [2.05, 4.69) is 30.5 Å². The molecule has 32 heavy (non-hydrogen) atoms. The average molecular weight is 431 g/mol. The molecule has 0 saturated carbocycles. The molecule has 0 radical (unpaired) electrons. The lowest BCUT2D eigenvalue weighted by molar-refractivity contribution is 0.0961. The second kappa shape index (κ2) is 8.84. The minimum atomic E-state index is -0.236. The Morgan fingerprint density at radius 2 is 2.03 bits per heavy atom. The summed E-state index contributed by atoms with van der Waals surface area (Å²) >= 11 is 0. The number of H-pyrrole nitrogens is 1. The minimum absolute atomic E-state index is 0.236. The number of ether oxygens (including phenoxy) is 1. The van der Waals surface area contributed by atoms with Gasteiger partial charge in [0.1, 0.15) is 11.4 Å². The van der Waals surface area contributed by atoms with Crippen molar-refractivity contribution in [2.24, 2.45) is 4.99 Å². The van der Waals surface area contributed by atoms with Crippen molar-refractivity contribution in [2.45, 2.75) is 6.42 Å². The molecule has 8 heteroatoms. The summed E-state index contributed by atoms with van der Waals surface area (Å²) in [6.07, 6.45) is 2.60. The Morgan fingerprint density at radius 3 is 2.88 bits per heavy atom. The van der Waals surface area contributed by atoms with Crippen LogP contribution < -0.4 is 15.4 Å². The number of dihydropyridines is 1. The predicted octanol–water partition coefficient (Wildman–Crippen LogP) is 2.56. The van der Waals surface area contributed by atoms with E-state index in [4.69, 9.17) is 4.74 Å². The van der Waals surface area contributed by atoms with E-state index in [1.54, 1.807) is 19.4 Å². The Kier molecular flexibility index (Phi) is 5.60. The molecule has 2 aliphatic heterocycles. The van der Waals surface area contributed by atoms with Gasteiger partial charge in [0, 0.05) is 62.0 Å². The first-order valence-corrected chi connectivity index (χ1v) is 10.9. The van der Waals surface area contributed by atoms with E-state index in [1.807, 2.05) is 36.4 Å². The second-order valence-electron chi connectivity index (χ2n) is 7.88. The van der Waals surface area contributed by atoms with Gasteiger partial charge in [-0.25, -0.2) is 4.98 Å². The van der Waals surface area contributed by atoms with Crippen molar-refractivity contribution >= 4 is 23.0 Å². The third-order valence-corrected chi connectivity index (χ3v) is 5.84. The summed E-state index contributed by atoms with van der Waals surface area (Å²) in [5.41, 5.74) is 4.83. The van der Waals surface area contributed by atoms with E-state index in [9.17, 15) is 4.79 Å². The number of benzene rings is 1. The van der Waals surface area contributed by atoms with Crippen molar-refractivity contribution in [1.82, 2.24) is 25.5 Å². The van der Waals surface area contributed by atoms with Gasteiger partial charge in [-0.05, 0) is 36.4 Å². The van der Waals surface area contributed by atoms with E-state index in [0.29, 0.717) is 11.4 Å². The Morgan fingerprint density at radius 1 is 1.16 bits per heavy atom. The number of fused-ring (bicyclic) bond motifs is 1. The van der Waals surface area contributed by atoms with Crippen LogP contribution in [0.5, 0.6) is 5.75 Å². The lowest BCUT2D eigenvalue weighted by atomic mass is 10.1. The van der Waals surface area contributed by atoms with E-state index >= 15 is 0 Å². The number of hydrogen-bond acceptors (Lipinski definition) is 6. The molecule has 1 amide bonds. The number of aliphatic imine (C=N–C) groups is 1. The zero-order valence-electron chi connectivity index (χ0n) is 18.0. The molecule has 0 atom stereocenters. The Bertz CT molecular complexity index is 1210. The number of aromatic amines is 1. The number of carbonyl (C=O) groups is 1. The van der Waals surface area contributed by atoms with Crippen molar-refractivity contribution in [1.29, 1.82) is 0 Å². The van der Waals surface area contributed by atoms with Crippen molar-refractivity contribution in [3.63, 3.8) is 0 Å². The maximum atomic E-state index is 13.1. The summed E-state index contributed by atoms with van der Waals surface area (Å²) in [6, 6.07) is 13.3. The number of carbonyl (C=O) groups excluding carboxylic acids is 1. The molecule has 2 aromatic heterocycles. The van der Waals surface area contributed by atoms with Crippen LogP contribution in [0.15, 0.2) is 58.9 Å². The van der Waals surface area contributed by atoms with Gasteiger partial charge in [0.2, 0.25) is 0 Å². The van der Waals surface area contributed by atoms with Crippen molar-refractivity contribution in [3.05, 3.63) is 59.6 Å². The van der Waals surface area contributed by atoms with Crippen molar-refractivity contribution in [2.75, 3.05) is 39.8 Å². The van der Waals surface area contributed by atoms with Crippen LogP contribution >= 0.6 is 0 Å². The number of piperazine rings is 1. The number of amides is 1. The monoisotopic (exact) mass is 430 g/mol. The topological polar surface area (TPSA) is 94.6 Å². The summed E-state index contributed by atoms with van der Waals surface area (Å²) in [4.78, 5) is 27.8. The van der Waals surface area contributed by atoms with Crippen LogP contribution in [0.3, 0.4) is 0 Å². The molecule has 5 rings (SSSR count). The fourth-order valence-corrected chi connectivity index (χ4v) is 4.18. The number of hydrogen-bond donors (Lipinski definition) is 3. The molecular formula is C24H26N6O2. The predicted molar refractivity (Wildman–Crippen MR) is 125 cm³/mol. The third kappa shape index (κ3) is 4.09. The van der Waals surface area contributed by atoms with Crippen LogP contribution in [0, 0.1) is 0 Å². The highest BCUT2D eigenvalue weighted by Gasteiger charge is 2.21. The number of aromatic nitrogens is 2. The summed E-state index contributed by atoms with van der Waals surface area (Å²) in [5, 5.41) is 7.44. The van der Waals surface area contributed by atoms with Crippen LogP contribution in [-0.2, 0) is 0 Å². The largest absolute Gasteiger partial charge is 0.497 e. The second-order valence-corrected chi connectivity index (χ2v) is 7.88. The Balaban J connectivity index is 1.39. The van der Waals surface area contributed by atoms with E-state index in [0.717, 1.165) is 72.9 Å². The SMILES string of the molecule is COc1ccc2[nH]c(-c3cccc(C(=O)NC4=C(N5CCNCC5)CCN=C4)n3)cc2c1. The number of nitrogens with one attached hydrogen (secondary N) is 3. The molecule has 3 N–H and O–H groups in total. The summed E-state index contributed by atoms with van der Waals surface area (Å²) in [5.74, 6) is 0.562. The lowest BCUT2D eigenvalue weighted by Gasteiger charge is -2.33. The van der Waals surface area contributed by atoms with Gasteiger partial charge in [-0.3, -0.25) is 9.79 Å². The van der Waals surface area contributed by atoms with E-state index < -0.39 is 0 Å². The average Bonchev–Trinajstić information content (AvgIpc) is 3.28. The van der Waals surface area contributed by atoms with Crippen LogP contribution in [0.2, 0.25) is 0 Å². The van der Waals surface area contributed by atoms with Gasteiger partial charge >= 0.3 is 0 Å². The molecule has 0 spiro atoms. The lowest BCUT2D eigenvalue weighted by Crippen LogP contribution is -2.44. The standard InChI is InChI=1S/C24H26N6O2/c1-32-17-5-6-18-16(13-17)14-21(27-18)19-3-2-4-20(28-19)24(31)29-22-15-26-8-7-23(22)30-11-9-25-10-12-30/h2-6,13-15,25,27H,7-12H2,1H3,(H,29,31). The first-order chi connectivity index (χ1) is 15.7. The van der Waals surface area contributed by atoms with Crippen LogP contribution in [-0.4, -0.2) is 66.8 Å². The Labute approximate surface area is 186 Å². The first-order valence-electron chi connectivity index (χ1n) is 10.9. The van der Waals surface area contributed by atoms with Crippen molar-refractivity contribution < 1.29 is 9.53 Å². The molecule has 2 aliphatic rings. The van der Waals surface area contributed by atoms with Gasteiger partial charge in [0.15, 0.2) is 0 Å². The number of allylic oxidation sites excluding steroid dienone is 1. The Hall–Kier alpha value is -3.65. The zero-order valence-corrected chi connectivity index (χ0v) is 18.0. The molecule has 4 heterocycles. The molecule has 1 aromatic carbocycles. The first kappa shape index (κ1) is 20.3. The summed E-state index contributed by atoms with van der Waals surface area (Å²) in [7, 11) is 1.65. The van der Waals surface area contributed by atoms with Crippen LogP contribution in [0.4, 0.5) is 0 Å². The molecule has 3 aromatic rings. The molecule has 1 fully saturated rings.